The van der Waals surface area contributed by atoms with Gasteiger partial charge in [-0.15, -0.1) is 36.1 Å². The van der Waals surface area contributed by atoms with Crippen molar-refractivity contribution >= 4 is 12.6 Å². The minimum atomic E-state index is -0.0694. The molecule has 2 aliphatic carbocycles. The van der Waals surface area contributed by atoms with E-state index in [-0.39, 0.29) is 28.9 Å². The van der Waals surface area contributed by atoms with E-state index in [0.29, 0.717) is 0 Å². The Balaban J connectivity index is 0.000000245. The fourth-order valence-electron chi connectivity index (χ4n) is 1.02. The van der Waals surface area contributed by atoms with Gasteiger partial charge in [0.1, 0.15) is 0 Å². The summed E-state index contributed by atoms with van der Waals surface area (Å²) in [5.74, 6) is -0.139. The molecule has 0 spiro atoms. The summed E-state index contributed by atoms with van der Waals surface area (Å²) < 4.78 is 0. The zero-order chi connectivity index (χ0) is 10.2. The van der Waals surface area contributed by atoms with Crippen molar-refractivity contribution in [1.82, 2.24) is 0 Å². The molecule has 0 heterocycles. The van der Waals surface area contributed by atoms with Gasteiger partial charge >= 0.3 is 17.1 Å². The summed E-state index contributed by atoms with van der Waals surface area (Å²) >= 11 is 0. The summed E-state index contributed by atoms with van der Waals surface area (Å²) in [7, 11) is 0. The van der Waals surface area contributed by atoms with Crippen LogP contribution in [0.2, 0.25) is 0 Å². The van der Waals surface area contributed by atoms with Crippen molar-refractivity contribution in [3.63, 3.8) is 0 Å². The van der Waals surface area contributed by atoms with E-state index in [1.807, 2.05) is 36.9 Å². The monoisotopic (exact) mass is 242 g/mol. The zero-order valence-corrected chi connectivity index (χ0v) is 9.05. The van der Waals surface area contributed by atoms with Crippen molar-refractivity contribution in [2.24, 2.45) is 11.8 Å². The zero-order valence-electron chi connectivity index (χ0n) is 7.94. The number of rotatable bonds is 2. The molecule has 0 fully saturated rings. The third-order valence-corrected chi connectivity index (χ3v) is 1.77. The first kappa shape index (κ1) is 13.8. The molecule has 0 saturated heterocycles. The van der Waals surface area contributed by atoms with Crippen LogP contribution >= 0.6 is 0 Å². The van der Waals surface area contributed by atoms with Crippen LogP contribution in [0.3, 0.4) is 0 Å². The third-order valence-electron chi connectivity index (χ3n) is 1.77. The molecule has 3 heteroatoms. The minimum absolute atomic E-state index is 0. The van der Waals surface area contributed by atoms with Crippen LogP contribution in [0.15, 0.2) is 48.6 Å². The van der Waals surface area contributed by atoms with Gasteiger partial charge in [-0.2, -0.15) is 0 Å². The second-order valence-corrected chi connectivity index (χ2v) is 2.83. The van der Waals surface area contributed by atoms with Gasteiger partial charge in [-0.25, -0.2) is 0 Å². The topological polar surface area (TPSA) is 34.1 Å². The van der Waals surface area contributed by atoms with Crippen molar-refractivity contribution in [2.75, 3.05) is 0 Å². The second-order valence-electron chi connectivity index (χ2n) is 2.83. The quantitative estimate of drug-likeness (QED) is 0.545. The Kier molecular flexibility index (Phi) is 7.51. The predicted molar refractivity (Wildman–Crippen MR) is 54.9 cm³/mol. The fourth-order valence-corrected chi connectivity index (χ4v) is 1.02. The summed E-state index contributed by atoms with van der Waals surface area (Å²) in [4.78, 5) is 19.6. The molecule has 0 unspecified atom stereocenters. The van der Waals surface area contributed by atoms with E-state index >= 15 is 0 Å². The molecule has 0 radical (unpaired) electrons. The summed E-state index contributed by atoms with van der Waals surface area (Å²) in [5.41, 5.74) is 0. The van der Waals surface area contributed by atoms with Gasteiger partial charge < -0.3 is 9.59 Å². The smallest absolute Gasteiger partial charge is 0.541 e. The largest absolute Gasteiger partial charge is 2.00 e. The van der Waals surface area contributed by atoms with Gasteiger partial charge in [-0.05, 0) is 0 Å². The first-order valence-electron chi connectivity index (χ1n) is 4.32. The van der Waals surface area contributed by atoms with Crippen LogP contribution in [0.1, 0.15) is 0 Å². The van der Waals surface area contributed by atoms with Gasteiger partial charge in [0.05, 0.1) is 0 Å². The average molecular weight is 242 g/mol. The molecule has 0 atom stereocenters. The average Bonchev–Trinajstić information content (AvgIpc) is 2.92. The van der Waals surface area contributed by atoms with Crippen LogP contribution < -0.4 is 0 Å². The van der Waals surface area contributed by atoms with Gasteiger partial charge in [-0.3, -0.25) is 12.6 Å². The summed E-state index contributed by atoms with van der Waals surface area (Å²) in [6.45, 7) is 0. The van der Waals surface area contributed by atoms with Gasteiger partial charge in [0.2, 0.25) is 0 Å². The van der Waals surface area contributed by atoms with Gasteiger partial charge in [0.25, 0.3) is 0 Å². The number of carbonyl (C=O) groups excluding carboxylic acids is 2. The molecule has 15 heavy (non-hydrogen) atoms. The van der Waals surface area contributed by atoms with Crippen LogP contribution in [0.4, 0.5) is 0 Å². The van der Waals surface area contributed by atoms with Crippen LogP contribution in [0.5, 0.6) is 0 Å². The molecule has 0 N–H and O–H groups in total. The summed E-state index contributed by atoms with van der Waals surface area (Å²) in [6.07, 6.45) is 18.2. The normalized spacial score (nSPS) is 17.1. The van der Waals surface area contributed by atoms with E-state index in [0.717, 1.165) is 0 Å². The summed E-state index contributed by atoms with van der Waals surface area (Å²) in [5, 5.41) is 0. The molecule has 78 valence electrons. The number of hydrogen-bond acceptors (Lipinski definition) is 2. The van der Waals surface area contributed by atoms with Crippen LogP contribution in [-0.2, 0) is 26.7 Å². The molecule has 0 aliphatic heterocycles. The molecule has 2 aliphatic rings. The Morgan fingerprint density at radius 2 is 0.933 bits per heavy atom. The maximum absolute atomic E-state index is 9.78. The van der Waals surface area contributed by atoms with Crippen LogP contribution in [-0.4, -0.2) is 12.6 Å². The van der Waals surface area contributed by atoms with Gasteiger partial charge in [0, 0.05) is 0 Å². The Morgan fingerprint density at radius 1 is 0.667 bits per heavy atom. The Bertz CT molecular complexity index is 258. The van der Waals surface area contributed by atoms with E-state index in [1.54, 1.807) is 24.3 Å². The number of hydrogen-bond donors (Lipinski definition) is 0. The van der Waals surface area contributed by atoms with Gasteiger partial charge in [0.15, 0.2) is 0 Å². The van der Waals surface area contributed by atoms with E-state index < -0.39 is 0 Å². The molecule has 0 amide bonds. The van der Waals surface area contributed by atoms with Gasteiger partial charge in [-0.1, -0.05) is 24.3 Å². The van der Waals surface area contributed by atoms with Crippen molar-refractivity contribution in [3.8, 4) is 0 Å². The predicted octanol–water partition coefficient (Wildman–Crippen LogP) is 1.67. The first-order valence-corrected chi connectivity index (χ1v) is 4.32. The van der Waals surface area contributed by atoms with Crippen molar-refractivity contribution in [2.45, 2.75) is 0 Å². The van der Waals surface area contributed by atoms with E-state index in [1.165, 1.54) is 0 Å². The van der Waals surface area contributed by atoms with Crippen molar-refractivity contribution in [1.29, 1.82) is 0 Å². The molecule has 0 aromatic rings. The van der Waals surface area contributed by atoms with Crippen molar-refractivity contribution in [3.05, 3.63) is 48.6 Å². The molecular weight excluding hydrogens is 232 g/mol. The molecule has 0 saturated carbocycles. The Labute approximate surface area is 99.9 Å². The number of allylic oxidation sites excluding steroid dienone is 8. The summed E-state index contributed by atoms with van der Waals surface area (Å²) in [6, 6.07) is 0. The Morgan fingerprint density at radius 3 is 1.07 bits per heavy atom. The Hall–Kier alpha value is -1.18. The third kappa shape index (κ3) is 5.30. The van der Waals surface area contributed by atoms with E-state index in [2.05, 4.69) is 0 Å². The van der Waals surface area contributed by atoms with E-state index in [4.69, 9.17) is 0 Å². The molecule has 2 rings (SSSR count). The van der Waals surface area contributed by atoms with Crippen LogP contribution in [0, 0.1) is 11.8 Å². The first-order chi connectivity index (χ1) is 6.86. The molecule has 0 aromatic heterocycles. The standard InChI is InChI=1S/2C6H5O.Fe/c2*7-5-6-3-1-2-4-6;/h2*1-4,6H;/q2*-1;+2. The maximum Gasteiger partial charge on any atom is 2.00 e. The molecule has 0 bridgehead atoms. The van der Waals surface area contributed by atoms with Crippen LogP contribution in [0.25, 0.3) is 0 Å². The SMILES string of the molecule is O=[C-]C1C=CC=C1.O=[C-]C1C=CC=C1.[Fe+2]. The molecule has 2 nitrogen and oxygen atoms in total. The van der Waals surface area contributed by atoms with E-state index in [9.17, 15) is 9.59 Å². The van der Waals surface area contributed by atoms with Crippen molar-refractivity contribution < 1.29 is 26.7 Å². The second kappa shape index (κ2) is 8.15. The molecular formula is C12H10FeO2. The maximum atomic E-state index is 9.78. The minimum Gasteiger partial charge on any atom is -0.541 e. The fraction of sp³-hybridized carbons (Fsp3) is 0.167. The molecule has 0 aromatic carbocycles.